The standard InChI is InChI=1S/C27H47N5O5/c1-3-7-20-21-9-11-23-25(12-10-22(20)21)32(31-30-23)14-6-5-8-24(27(28)34)29-26(33)13-15-36-18-19-37-17-16-35-4-2/h20-22,24H,3-19H2,1-2H3,(H2,28,34)(H,29,33). The molecule has 0 radical (unpaired) electrons. The Morgan fingerprint density at radius 1 is 1.03 bits per heavy atom. The number of nitrogens with one attached hydrogen (secondary N) is 1. The van der Waals surface area contributed by atoms with E-state index in [9.17, 15) is 9.59 Å². The number of hydrogen-bond donors (Lipinski definition) is 2. The lowest BCUT2D eigenvalue weighted by Crippen LogP contribution is -2.44. The predicted molar refractivity (Wildman–Crippen MR) is 140 cm³/mol. The number of aromatic nitrogens is 3. The molecule has 3 N–H and O–H groups in total. The first-order valence-corrected chi connectivity index (χ1v) is 14.3. The number of unbranched alkanes of at least 4 members (excludes halogenated alkanes) is 1. The molecule has 1 heterocycles. The van der Waals surface area contributed by atoms with Gasteiger partial charge in [0.05, 0.1) is 44.4 Å². The van der Waals surface area contributed by atoms with Gasteiger partial charge in [0.2, 0.25) is 11.8 Å². The van der Waals surface area contributed by atoms with Gasteiger partial charge in [0, 0.05) is 19.6 Å². The summed E-state index contributed by atoms with van der Waals surface area (Å²) in [5.41, 5.74) is 8.00. The fourth-order valence-corrected chi connectivity index (χ4v) is 5.68. The Labute approximate surface area is 221 Å². The third-order valence-corrected chi connectivity index (χ3v) is 7.69. The number of primary amides is 1. The highest BCUT2D eigenvalue weighted by Gasteiger charge is 2.48. The zero-order valence-corrected chi connectivity index (χ0v) is 22.8. The number of ether oxygens (including phenoxy) is 3. The number of nitrogens with two attached hydrogens (primary N) is 1. The summed E-state index contributed by atoms with van der Waals surface area (Å²) in [7, 11) is 0. The maximum Gasteiger partial charge on any atom is 0.239 e. The number of carbonyl (C=O) groups is 2. The molecule has 1 aromatic heterocycles. The molecule has 210 valence electrons. The fraction of sp³-hybridized carbons (Fsp3) is 0.852. The molecule has 2 aliphatic carbocycles. The summed E-state index contributed by atoms with van der Waals surface area (Å²) in [5, 5.41) is 11.7. The lowest BCUT2D eigenvalue weighted by Gasteiger charge is -2.16. The van der Waals surface area contributed by atoms with E-state index in [1.54, 1.807) is 0 Å². The zero-order chi connectivity index (χ0) is 26.5. The van der Waals surface area contributed by atoms with E-state index in [-0.39, 0.29) is 18.9 Å². The van der Waals surface area contributed by atoms with Crippen molar-refractivity contribution in [3.63, 3.8) is 0 Å². The van der Waals surface area contributed by atoms with E-state index >= 15 is 0 Å². The number of amides is 2. The highest BCUT2D eigenvalue weighted by molar-refractivity contribution is 5.86. The van der Waals surface area contributed by atoms with Gasteiger partial charge in [0.15, 0.2) is 0 Å². The highest BCUT2D eigenvalue weighted by atomic mass is 16.5. The average Bonchev–Trinajstić information content (AvgIpc) is 3.36. The summed E-state index contributed by atoms with van der Waals surface area (Å²) < 4.78 is 18.0. The second-order valence-corrected chi connectivity index (χ2v) is 10.3. The predicted octanol–water partition coefficient (Wildman–Crippen LogP) is 2.42. The molecule has 2 aliphatic rings. The Bertz CT molecular complexity index is 832. The first-order valence-electron chi connectivity index (χ1n) is 14.3. The summed E-state index contributed by atoms with van der Waals surface area (Å²) in [6.45, 7) is 7.89. The van der Waals surface area contributed by atoms with E-state index in [1.807, 2.05) is 6.92 Å². The van der Waals surface area contributed by atoms with E-state index in [0.29, 0.717) is 39.5 Å². The maximum atomic E-state index is 12.2. The van der Waals surface area contributed by atoms with Gasteiger partial charge in [-0.05, 0) is 69.6 Å². The third kappa shape index (κ3) is 9.65. The minimum absolute atomic E-state index is 0.175. The number of carbonyl (C=O) groups excluding carboxylic acids is 2. The van der Waals surface area contributed by atoms with Crippen LogP contribution in [0, 0.1) is 17.8 Å². The molecule has 37 heavy (non-hydrogen) atoms. The molecule has 1 fully saturated rings. The van der Waals surface area contributed by atoms with Crippen LogP contribution in [0.5, 0.6) is 0 Å². The lowest BCUT2D eigenvalue weighted by molar-refractivity contribution is -0.128. The molecular weight excluding hydrogens is 474 g/mol. The van der Waals surface area contributed by atoms with Crippen LogP contribution in [0.25, 0.3) is 0 Å². The first kappa shape index (κ1) is 29.5. The topological polar surface area (TPSA) is 131 Å². The van der Waals surface area contributed by atoms with E-state index in [2.05, 4.69) is 27.2 Å². The van der Waals surface area contributed by atoms with Gasteiger partial charge < -0.3 is 25.3 Å². The Balaban J connectivity index is 1.30. The van der Waals surface area contributed by atoms with Crippen LogP contribution in [0.4, 0.5) is 0 Å². The van der Waals surface area contributed by atoms with Crippen LogP contribution in [0.2, 0.25) is 0 Å². The molecule has 4 unspecified atom stereocenters. The smallest absolute Gasteiger partial charge is 0.239 e. The molecule has 0 aromatic carbocycles. The van der Waals surface area contributed by atoms with Gasteiger partial charge in [0.1, 0.15) is 6.04 Å². The monoisotopic (exact) mass is 521 g/mol. The van der Waals surface area contributed by atoms with E-state index in [0.717, 1.165) is 50.0 Å². The quantitative estimate of drug-likeness (QED) is 0.267. The van der Waals surface area contributed by atoms with Gasteiger partial charge in [-0.2, -0.15) is 0 Å². The van der Waals surface area contributed by atoms with Crippen molar-refractivity contribution < 1.29 is 23.8 Å². The second-order valence-electron chi connectivity index (χ2n) is 10.3. The van der Waals surface area contributed by atoms with Gasteiger partial charge in [-0.1, -0.05) is 25.0 Å². The number of hydrogen-bond acceptors (Lipinski definition) is 7. The van der Waals surface area contributed by atoms with Crippen molar-refractivity contribution in [2.45, 2.75) is 90.6 Å². The van der Waals surface area contributed by atoms with Gasteiger partial charge in [-0.3, -0.25) is 9.59 Å². The highest BCUT2D eigenvalue weighted by Crippen LogP contribution is 2.55. The van der Waals surface area contributed by atoms with Crippen LogP contribution in [-0.2, 0) is 43.2 Å². The molecule has 4 atom stereocenters. The van der Waals surface area contributed by atoms with Crippen molar-refractivity contribution in [1.82, 2.24) is 20.3 Å². The summed E-state index contributed by atoms with van der Waals surface area (Å²) in [4.78, 5) is 24.1. The fourth-order valence-electron chi connectivity index (χ4n) is 5.68. The summed E-state index contributed by atoms with van der Waals surface area (Å²) in [6.07, 6.45) is 9.53. The van der Waals surface area contributed by atoms with E-state index in [4.69, 9.17) is 19.9 Å². The Kier molecular flexibility index (Phi) is 12.8. The largest absolute Gasteiger partial charge is 0.379 e. The molecule has 2 amide bonds. The van der Waals surface area contributed by atoms with Gasteiger partial charge in [-0.15, -0.1) is 5.10 Å². The maximum absolute atomic E-state index is 12.2. The van der Waals surface area contributed by atoms with Crippen molar-refractivity contribution in [2.75, 3.05) is 39.6 Å². The normalized spacial score (nSPS) is 21.4. The van der Waals surface area contributed by atoms with Crippen molar-refractivity contribution in [3.05, 3.63) is 11.4 Å². The first-order chi connectivity index (χ1) is 18.0. The van der Waals surface area contributed by atoms with E-state index in [1.165, 1.54) is 37.1 Å². The zero-order valence-electron chi connectivity index (χ0n) is 22.8. The molecule has 0 bridgehead atoms. The van der Waals surface area contributed by atoms with Crippen molar-refractivity contribution in [3.8, 4) is 0 Å². The summed E-state index contributed by atoms with van der Waals surface area (Å²) >= 11 is 0. The molecule has 1 saturated carbocycles. The molecule has 3 rings (SSSR count). The van der Waals surface area contributed by atoms with Gasteiger partial charge in [-0.25, -0.2) is 4.68 Å². The molecular formula is C27H47N5O5. The van der Waals surface area contributed by atoms with Gasteiger partial charge in [0.25, 0.3) is 0 Å². The van der Waals surface area contributed by atoms with Gasteiger partial charge >= 0.3 is 0 Å². The Hall–Kier alpha value is -2.04. The van der Waals surface area contributed by atoms with Crippen molar-refractivity contribution >= 4 is 11.8 Å². The minimum Gasteiger partial charge on any atom is -0.379 e. The second kappa shape index (κ2) is 16.0. The number of aryl methyl sites for hydroxylation is 2. The Morgan fingerprint density at radius 2 is 1.73 bits per heavy atom. The molecule has 0 spiro atoms. The van der Waals surface area contributed by atoms with E-state index < -0.39 is 11.9 Å². The molecule has 0 aliphatic heterocycles. The van der Waals surface area contributed by atoms with Crippen LogP contribution in [-0.4, -0.2) is 72.5 Å². The van der Waals surface area contributed by atoms with Crippen molar-refractivity contribution in [1.29, 1.82) is 0 Å². The number of fused-ring (bicyclic) bond motifs is 2. The third-order valence-electron chi connectivity index (χ3n) is 7.69. The molecule has 10 heteroatoms. The summed E-state index contributed by atoms with van der Waals surface area (Å²) in [5.74, 6) is 1.96. The molecule has 1 aromatic rings. The van der Waals surface area contributed by atoms with Crippen LogP contribution in [0.1, 0.15) is 76.6 Å². The number of nitrogens with zero attached hydrogens (tertiary/aromatic N) is 3. The molecule has 0 saturated heterocycles. The lowest BCUT2D eigenvalue weighted by atomic mass is 10.0. The minimum atomic E-state index is -0.673. The van der Waals surface area contributed by atoms with Crippen molar-refractivity contribution in [2.24, 2.45) is 23.5 Å². The van der Waals surface area contributed by atoms with Crippen LogP contribution in [0.15, 0.2) is 0 Å². The number of rotatable bonds is 19. The van der Waals surface area contributed by atoms with Crippen LogP contribution in [0.3, 0.4) is 0 Å². The SMILES string of the molecule is CCCC1C2CCc3nnn(CCCCC(NC(=O)CCOCCOCCOCC)C(N)=O)c3CCC12. The Morgan fingerprint density at radius 3 is 2.43 bits per heavy atom. The van der Waals surface area contributed by atoms with Crippen LogP contribution >= 0.6 is 0 Å². The van der Waals surface area contributed by atoms with Crippen LogP contribution < -0.4 is 11.1 Å². The summed E-state index contributed by atoms with van der Waals surface area (Å²) in [6, 6.07) is -0.673. The average molecular weight is 522 g/mol. The molecule has 10 nitrogen and oxygen atoms in total.